The number of morpholine rings is 1. The van der Waals surface area contributed by atoms with Gasteiger partial charge < -0.3 is 18.9 Å². The summed E-state index contributed by atoms with van der Waals surface area (Å²) in [6, 6.07) is 8.97. The summed E-state index contributed by atoms with van der Waals surface area (Å²) in [5.41, 5.74) is 3.86. The third-order valence-corrected chi connectivity index (χ3v) is 4.86. The van der Waals surface area contributed by atoms with Crippen molar-refractivity contribution in [3.8, 4) is 17.1 Å². The number of methoxy groups -OCH3 is 1. The lowest BCUT2D eigenvalue weighted by Crippen LogP contribution is -2.49. The van der Waals surface area contributed by atoms with Crippen LogP contribution in [0.5, 0.6) is 5.75 Å². The van der Waals surface area contributed by atoms with Gasteiger partial charge in [-0.15, -0.1) is 0 Å². The summed E-state index contributed by atoms with van der Waals surface area (Å²) in [5, 5.41) is 5.81. The van der Waals surface area contributed by atoms with Gasteiger partial charge in [0.2, 0.25) is 5.91 Å². The highest BCUT2D eigenvalue weighted by Crippen LogP contribution is 2.25. The number of ether oxygens (including phenoxy) is 2. The van der Waals surface area contributed by atoms with E-state index in [0.29, 0.717) is 50.9 Å². The molecular weight excluding hydrogens is 400 g/mol. The molecule has 1 aliphatic rings. The predicted molar refractivity (Wildman–Crippen MR) is 114 cm³/mol. The molecule has 2 aromatic rings. The molecule has 9 nitrogen and oxygen atoms in total. The molecule has 0 saturated carbocycles. The van der Waals surface area contributed by atoms with Gasteiger partial charge in [-0.3, -0.25) is 15.0 Å². The Bertz CT molecular complexity index is 876. The van der Waals surface area contributed by atoms with Crippen molar-refractivity contribution in [2.45, 2.75) is 20.3 Å². The first-order chi connectivity index (χ1) is 15.0. The number of hydrogen-bond donors (Lipinski definition) is 1. The number of benzene rings is 1. The van der Waals surface area contributed by atoms with Crippen LogP contribution >= 0.6 is 0 Å². The van der Waals surface area contributed by atoms with E-state index in [9.17, 15) is 9.59 Å². The summed E-state index contributed by atoms with van der Waals surface area (Å²) in [5.74, 6) is 1.04. The Morgan fingerprint density at radius 1 is 1.26 bits per heavy atom. The molecule has 1 aromatic heterocycles. The van der Waals surface area contributed by atoms with Crippen LogP contribution in [0.15, 0.2) is 34.9 Å². The molecule has 1 N–H and O–H groups in total. The zero-order valence-electron chi connectivity index (χ0n) is 18.3. The van der Waals surface area contributed by atoms with Gasteiger partial charge in [-0.1, -0.05) is 31.1 Å². The average molecular weight is 431 g/mol. The Balaban J connectivity index is 1.64. The highest BCUT2D eigenvalue weighted by atomic mass is 16.5. The maximum absolute atomic E-state index is 13.1. The zero-order valence-corrected chi connectivity index (χ0v) is 18.3. The highest BCUT2D eigenvalue weighted by Gasteiger charge is 2.23. The Labute approximate surface area is 182 Å². The van der Waals surface area contributed by atoms with Gasteiger partial charge in [-0.05, 0) is 18.1 Å². The van der Waals surface area contributed by atoms with E-state index >= 15 is 0 Å². The van der Waals surface area contributed by atoms with Gasteiger partial charge >= 0.3 is 0 Å². The van der Waals surface area contributed by atoms with Crippen LogP contribution in [0.25, 0.3) is 11.3 Å². The molecule has 0 bridgehead atoms. The first-order valence-corrected chi connectivity index (χ1v) is 10.5. The van der Waals surface area contributed by atoms with Crippen LogP contribution in [0, 0.1) is 5.92 Å². The monoisotopic (exact) mass is 430 g/mol. The fourth-order valence-electron chi connectivity index (χ4n) is 3.31. The molecule has 1 aliphatic heterocycles. The lowest BCUT2D eigenvalue weighted by Gasteiger charge is -2.28. The van der Waals surface area contributed by atoms with E-state index < -0.39 is 0 Å². The number of hydrogen-bond acceptors (Lipinski definition) is 7. The van der Waals surface area contributed by atoms with Crippen molar-refractivity contribution >= 4 is 11.8 Å². The van der Waals surface area contributed by atoms with Crippen LogP contribution in [0.1, 0.15) is 30.8 Å². The number of nitrogens with one attached hydrogen (secondary N) is 1. The second-order valence-corrected chi connectivity index (χ2v) is 7.84. The molecule has 0 unspecified atom stereocenters. The van der Waals surface area contributed by atoms with E-state index in [2.05, 4.69) is 10.6 Å². The first kappa shape index (κ1) is 22.8. The maximum Gasteiger partial charge on any atom is 0.276 e. The fraction of sp³-hybridized carbons (Fsp3) is 0.500. The molecule has 0 spiro atoms. The highest BCUT2D eigenvalue weighted by molar-refractivity contribution is 5.93. The summed E-state index contributed by atoms with van der Waals surface area (Å²) in [4.78, 5) is 27.1. The van der Waals surface area contributed by atoms with Gasteiger partial charge in [-0.25, -0.2) is 5.01 Å². The summed E-state index contributed by atoms with van der Waals surface area (Å²) >= 11 is 0. The van der Waals surface area contributed by atoms with E-state index in [1.807, 2.05) is 43.1 Å². The molecule has 0 radical (unpaired) electrons. The van der Waals surface area contributed by atoms with Gasteiger partial charge in [-0.2, -0.15) is 0 Å². The van der Waals surface area contributed by atoms with Crippen LogP contribution in [-0.4, -0.2) is 73.4 Å². The lowest BCUT2D eigenvalue weighted by molar-refractivity contribution is -0.128. The van der Waals surface area contributed by atoms with Crippen molar-refractivity contribution in [1.29, 1.82) is 0 Å². The third kappa shape index (κ3) is 6.53. The molecule has 31 heavy (non-hydrogen) atoms. The van der Waals surface area contributed by atoms with Crippen molar-refractivity contribution in [2.75, 3.05) is 46.5 Å². The second-order valence-electron chi connectivity index (χ2n) is 7.84. The number of carbonyl (C=O) groups is 2. The topological polar surface area (TPSA) is 97.1 Å². The minimum atomic E-state index is -0.259. The molecule has 168 valence electrons. The van der Waals surface area contributed by atoms with Crippen LogP contribution in [0.4, 0.5) is 0 Å². The maximum atomic E-state index is 13.1. The predicted octanol–water partition coefficient (Wildman–Crippen LogP) is 2.20. The van der Waals surface area contributed by atoms with Crippen molar-refractivity contribution in [1.82, 2.24) is 20.5 Å². The van der Waals surface area contributed by atoms with Crippen molar-refractivity contribution in [3.05, 3.63) is 36.0 Å². The van der Waals surface area contributed by atoms with Crippen LogP contribution < -0.4 is 10.2 Å². The molecule has 1 aromatic carbocycles. The van der Waals surface area contributed by atoms with Gasteiger partial charge in [0.1, 0.15) is 5.75 Å². The van der Waals surface area contributed by atoms with E-state index in [0.717, 1.165) is 5.56 Å². The minimum absolute atomic E-state index is 0.124. The molecule has 2 amide bonds. The standard InChI is InChI=1S/C22H30N4O5/c1-16(2)15-25(8-7-21(27)23-26-9-11-30-12-10-26)22(28)19-14-20(31-24-19)17-5-4-6-18(13-17)29-3/h4-6,13-14,16H,7-12,15H2,1-3H3,(H,23,27). The summed E-state index contributed by atoms with van der Waals surface area (Å²) in [6.45, 7) is 7.38. The smallest absolute Gasteiger partial charge is 0.276 e. The molecule has 1 fully saturated rings. The second kappa shape index (κ2) is 10.9. The summed E-state index contributed by atoms with van der Waals surface area (Å²) < 4.78 is 15.9. The van der Waals surface area contributed by atoms with E-state index in [1.165, 1.54) is 0 Å². The number of aromatic nitrogens is 1. The number of carbonyl (C=O) groups excluding carboxylic acids is 2. The lowest BCUT2D eigenvalue weighted by atomic mass is 10.1. The molecule has 3 rings (SSSR count). The quantitative estimate of drug-likeness (QED) is 0.651. The Morgan fingerprint density at radius 3 is 2.74 bits per heavy atom. The SMILES string of the molecule is COc1cccc(-c2cc(C(=O)N(CCC(=O)NN3CCOCC3)CC(C)C)no2)c1. The van der Waals surface area contributed by atoms with Crippen molar-refractivity contribution in [3.63, 3.8) is 0 Å². The summed E-state index contributed by atoms with van der Waals surface area (Å²) in [6.07, 6.45) is 0.205. The Morgan fingerprint density at radius 2 is 2.03 bits per heavy atom. The number of rotatable bonds is 9. The van der Waals surface area contributed by atoms with Crippen LogP contribution in [-0.2, 0) is 9.53 Å². The average Bonchev–Trinajstić information content (AvgIpc) is 3.27. The molecule has 0 aliphatic carbocycles. The van der Waals surface area contributed by atoms with Gasteiger partial charge in [0.05, 0.1) is 20.3 Å². The summed E-state index contributed by atoms with van der Waals surface area (Å²) in [7, 11) is 1.59. The van der Waals surface area contributed by atoms with E-state index in [4.69, 9.17) is 14.0 Å². The van der Waals surface area contributed by atoms with Gasteiger partial charge in [0, 0.05) is 44.2 Å². The molecule has 9 heteroatoms. The fourth-order valence-corrected chi connectivity index (χ4v) is 3.31. The normalized spacial score (nSPS) is 14.5. The zero-order chi connectivity index (χ0) is 22.2. The largest absolute Gasteiger partial charge is 0.497 e. The molecular formula is C22H30N4O5. The molecule has 2 heterocycles. The third-order valence-electron chi connectivity index (χ3n) is 4.86. The van der Waals surface area contributed by atoms with Gasteiger partial charge in [0.25, 0.3) is 5.91 Å². The number of hydrazine groups is 1. The van der Waals surface area contributed by atoms with E-state index in [1.54, 1.807) is 18.1 Å². The molecule has 1 saturated heterocycles. The van der Waals surface area contributed by atoms with Crippen LogP contribution in [0.3, 0.4) is 0 Å². The number of amides is 2. The molecule has 0 atom stereocenters. The van der Waals surface area contributed by atoms with Gasteiger partial charge in [0.15, 0.2) is 11.5 Å². The van der Waals surface area contributed by atoms with Crippen molar-refractivity contribution in [2.24, 2.45) is 5.92 Å². The number of nitrogens with zero attached hydrogens (tertiary/aromatic N) is 3. The van der Waals surface area contributed by atoms with Crippen LogP contribution in [0.2, 0.25) is 0 Å². The van der Waals surface area contributed by atoms with E-state index in [-0.39, 0.29) is 29.8 Å². The minimum Gasteiger partial charge on any atom is -0.497 e. The van der Waals surface area contributed by atoms with Crippen molar-refractivity contribution < 1.29 is 23.6 Å². The first-order valence-electron chi connectivity index (χ1n) is 10.5. The Kier molecular flexibility index (Phi) is 8.02. The Hall–Kier alpha value is -2.91.